The molecule has 0 fully saturated rings. The summed E-state index contributed by atoms with van der Waals surface area (Å²) in [6, 6.07) is 6.60. The normalized spacial score (nSPS) is 11.7. The van der Waals surface area contributed by atoms with Crippen molar-refractivity contribution in [3.05, 3.63) is 41.8 Å². The number of nitrogens with zero attached hydrogens (tertiary/aromatic N) is 1. The minimum atomic E-state index is -0.369. The molecule has 1 heterocycles. The van der Waals surface area contributed by atoms with E-state index in [1.54, 1.807) is 18.2 Å². The molecular weight excluding hydrogens is 291 g/mol. The second-order valence-corrected chi connectivity index (χ2v) is 6.97. The van der Waals surface area contributed by atoms with Crippen molar-refractivity contribution in [3.63, 3.8) is 0 Å². The number of nitrogens with one attached hydrogen (secondary N) is 1. The number of halogens is 1. The highest BCUT2D eigenvalue weighted by atomic mass is 19.1. The van der Waals surface area contributed by atoms with Gasteiger partial charge < -0.3 is 5.32 Å². The van der Waals surface area contributed by atoms with Crippen LogP contribution in [0.25, 0.3) is 10.9 Å². The molecule has 1 amide bonds. The van der Waals surface area contributed by atoms with Crippen LogP contribution in [0.1, 0.15) is 50.9 Å². The number of hydrogen-bond donors (Lipinski definition) is 1. The van der Waals surface area contributed by atoms with E-state index in [-0.39, 0.29) is 17.8 Å². The Labute approximate surface area is 137 Å². The number of aromatic nitrogens is 1. The molecule has 0 radical (unpaired) electrons. The van der Waals surface area contributed by atoms with Crippen molar-refractivity contribution in [3.8, 4) is 0 Å². The lowest BCUT2D eigenvalue weighted by Gasteiger charge is -2.22. The molecular formula is C19H25FN2O. The summed E-state index contributed by atoms with van der Waals surface area (Å²) in [7, 11) is 0. The number of pyridine rings is 1. The Hall–Kier alpha value is -1.97. The molecule has 23 heavy (non-hydrogen) atoms. The Kier molecular flexibility index (Phi) is 5.69. The molecule has 1 aromatic heterocycles. The Bertz CT molecular complexity index is 672. The lowest BCUT2D eigenvalue weighted by Crippen LogP contribution is -2.36. The molecule has 0 aliphatic heterocycles. The van der Waals surface area contributed by atoms with Crippen LogP contribution >= 0.6 is 0 Å². The average molecular weight is 316 g/mol. The minimum absolute atomic E-state index is 0.144. The van der Waals surface area contributed by atoms with E-state index in [4.69, 9.17) is 0 Å². The number of fused-ring (bicyclic) bond motifs is 1. The highest BCUT2D eigenvalue weighted by Gasteiger charge is 2.17. The quantitative estimate of drug-likeness (QED) is 0.848. The summed E-state index contributed by atoms with van der Waals surface area (Å²) in [5, 5.41) is 3.74. The molecule has 0 atom stereocenters. The van der Waals surface area contributed by atoms with Crippen LogP contribution in [0.15, 0.2) is 30.5 Å². The van der Waals surface area contributed by atoms with Crippen molar-refractivity contribution < 1.29 is 9.18 Å². The molecule has 1 aromatic carbocycles. The monoisotopic (exact) mass is 316 g/mol. The summed E-state index contributed by atoms with van der Waals surface area (Å²) in [6.45, 7) is 8.61. The second kappa shape index (κ2) is 7.53. The van der Waals surface area contributed by atoms with E-state index >= 15 is 0 Å². The Morgan fingerprint density at radius 3 is 2.43 bits per heavy atom. The molecule has 0 unspecified atom stereocenters. The summed E-state index contributed by atoms with van der Waals surface area (Å²) in [5.74, 6) is 0.521. The number of amides is 1. The van der Waals surface area contributed by atoms with Crippen molar-refractivity contribution >= 4 is 16.8 Å². The summed E-state index contributed by atoms with van der Waals surface area (Å²) in [4.78, 5) is 16.6. The zero-order valence-electron chi connectivity index (χ0n) is 14.3. The Balaban J connectivity index is 2.18. The Morgan fingerprint density at radius 2 is 1.83 bits per heavy atom. The van der Waals surface area contributed by atoms with E-state index in [2.05, 4.69) is 38.0 Å². The lowest BCUT2D eigenvalue weighted by molar-refractivity contribution is 0.0926. The third-order valence-corrected chi connectivity index (χ3v) is 3.77. The van der Waals surface area contributed by atoms with Gasteiger partial charge in [-0.05, 0) is 36.8 Å². The summed E-state index contributed by atoms with van der Waals surface area (Å²) >= 11 is 0. The summed E-state index contributed by atoms with van der Waals surface area (Å²) in [5.41, 5.74) is 0.769. The largest absolute Gasteiger partial charge is 0.349 e. The molecule has 4 heteroatoms. The maximum Gasteiger partial charge on any atom is 0.253 e. The molecule has 0 spiro atoms. The van der Waals surface area contributed by atoms with E-state index in [1.807, 2.05) is 0 Å². The SMILES string of the molecule is CC(C)CC(CC(C)C)NC(=O)c1cnc2c(F)cccc2c1. The van der Waals surface area contributed by atoms with E-state index < -0.39 is 0 Å². The first-order valence-electron chi connectivity index (χ1n) is 8.22. The number of hydrogen-bond acceptors (Lipinski definition) is 2. The zero-order valence-corrected chi connectivity index (χ0v) is 14.3. The van der Waals surface area contributed by atoms with Crippen LogP contribution in [0, 0.1) is 17.7 Å². The molecule has 124 valence electrons. The van der Waals surface area contributed by atoms with Gasteiger partial charge in [0.2, 0.25) is 0 Å². The van der Waals surface area contributed by atoms with Gasteiger partial charge in [-0.2, -0.15) is 0 Å². The van der Waals surface area contributed by atoms with Crippen LogP contribution < -0.4 is 5.32 Å². The average Bonchev–Trinajstić information content (AvgIpc) is 2.45. The van der Waals surface area contributed by atoms with Gasteiger partial charge in [0, 0.05) is 17.6 Å². The molecule has 0 bridgehead atoms. The van der Waals surface area contributed by atoms with E-state index in [1.165, 1.54) is 12.3 Å². The van der Waals surface area contributed by atoms with Gasteiger partial charge in [-0.1, -0.05) is 39.8 Å². The third kappa shape index (κ3) is 4.75. The van der Waals surface area contributed by atoms with Gasteiger partial charge in [-0.15, -0.1) is 0 Å². The predicted molar refractivity (Wildman–Crippen MR) is 91.9 cm³/mol. The van der Waals surface area contributed by atoms with E-state index in [0.717, 1.165) is 12.8 Å². The molecule has 3 nitrogen and oxygen atoms in total. The fourth-order valence-corrected chi connectivity index (χ4v) is 2.87. The maximum atomic E-state index is 13.7. The highest BCUT2D eigenvalue weighted by Crippen LogP contribution is 2.18. The van der Waals surface area contributed by atoms with Crippen molar-refractivity contribution in [2.75, 3.05) is 0 Å². The van der Waals surface area contributed by atoms with Crippen LogP contribution in [0.5, 0.6) is 0 Å². The third-order valence-electron chi connectivity index (χ3n) is 3.77. The summed E-state index contributed by atoms with van der Waals surface area (Å²) < 4.78 is 13.7. The van der Waals surface area contributed by atoms with Gasteiger partial charge in [-0.3, -0.25) is 9.78 Å². The number of para-hydroxylation sites is 1. The first kappa shape index (κ1) is 17.4. The maximum absolute atomic E-state index is 13.7. The number of rotatable bonds is 6. The fourth-order valence-electron chi connectivity index (χ4n) is 2.87. The van der Waals surface area contributed by atoms with Crippen LogP contribution in [0.3, 0.4) is 0 Å². The van der Waals surface area contributed by atoms with Crippen molar-refractivity contribution in [1.82, 2.24) is 10.3 Å². The van der Waals surface area contributed by atoms with Crippen LogP contribution in [-0.4, -0.2) is 16.9 Å². The van der Waals surface area contributed by atoms with Crippen LogP contribution in [0.4, 0.5) is 4.39 Å². The molecule has 0 saturated heterocycles. The lowest BCUT2D eigenvalue weighted by atomic mass is 9.95. The fraction of sp³-hybridized carbons (Fsp3) is 0.474. The van der Waals surface area contributed by atoms with Gasteiger partial charge >= 0.3 is 0 Å². The van der Waals surface area contributed by atoms with Crippen molar-refractivity contribution in [2.24, 2.45) is 11.8 Å². The van der Waals surface area contributed by atoms with Gasteiger partial charge in [0.25, 0.3) is 5.91 Å². The number of benzene rings is 1. The highest BCUT2D eigenvalue weighted by molar-refractivity contribution is 5.97. The number of carbonyl (C=O) groups is 1. The van der Waals surface area contributed by atoms with E-state index in [9.17, 15) is 9.18 Å². The van der Waals surface area contributed by atoms with Crippen molar-refractivity contribution in [2.45, 2.75) is 46.6 Å². The van der Waals surface area contributed by atoms with Crippen LogP contribution in [0.2, 0.25) is 0 Å². The predicted octanol–water partition coefficient (Wildman–Crippen LogP) is 4.56. The second-order valence-electron chi connectivity index (χ2n) is 6.97. The van der Waals surface area contributed by atoms with Crippen molar-refractivity contribution in [1.29, 1.82) is 0 Å². The number of carbonyl (C=O) groups excluding carboxylic acids is 1. The topological polar surface area (TPSA) is 42.0 Å². The molecule has 0 saturated carbocycles. The van der Waals surface area contributed by atoms with Gasteiger partial charge in [0.15, 0.2) is 0 Å². The minimum Gasteiger partial charge on any atom is -0.349 e. The summed E-state index contributed by atoms with van der Waals surface area (Å²) in [6.07, 6.45) is 3.33. The first-order valence-corrected chi connectivity index (χ1v) is 8.22. The van der Waals surface area contributed by atoms with Gasteiger partial charge in [0.1, 0.15) is 11.3 Å². The molecule has 2 aromatic rings. The molecule has 0 aliphatic rings. The van der Waals surface area contributed by atoms with Crippen LogP contribution in [-0.2, 0) is 0 Å². The zero-order chi connectivity index (χ0) is 17.0. The van der Waals surface area contributed by atoms with Gasteiger partial charge in [0.05, 0.1) is 5.56 Å². The van der Waals surface area contributed by atoms with E-state index in [0.29, 0.717) is 28.3 Å². The Morgan fingerprint density at radius 1 is 1.17 bits per heavy atom. The van der Waals surface area contributed by atoms with Gasteiger partial charge in [-0.25, -0.2) is 4.39 Å². The molecule has 2 rings (SSSR count). The first-order chi connectivity index (χ1) is 10.9. The molecule has 1 N–H and O–H groups in total. The standard InChI is InChI=1S/C19H25FN2O/c1-12(2)8-16(9-13(3)4)22-19(23)15-10-14-6-5-7-17(20)18(14)21-11-15/h5-7,10-13,16H,8-9H2,1-4H3,(H,22,23). The smallest absolute Gasteiger partial charge is 0.253 e. The molecule has 0 aliphatic carbocycles.